The van der Waals surface area contributed by atoms with Gasteiger partial charge in [-0.05, 0) is 46.1 Å². The number of rotatable bonds is 2. The third-order valence-corrected chi connectivity index (χ3v) is 4.64. The molecule has 2 aliphatic rings. The molecule has 19 heavy (non-hydrogen) atoms. The van der Waals surface area contributed by atoms with E-state index in [0.29, 0.717) is 12.0 Å². The molecule has 2 aliphatic heterocycles. The molecule has 0 spiro atoms. The van der Waals surface area contributed by atoms with Crippen molar-refractivity contribution < 1.29 is 4.79 Å². The molecule has 0 bridgehead atoms. The summed E-state index contributed by atoms with van der Waals surface area (Å²) in [6, 6.07) is 0.374. The van der Waals surface area contributed by atoms with Crippen LogP contribution in [0.1, 0.15) is 40.5 Å². The smallest absolute Gasteiger partial charge is 0.224 e. The average Bonchev–Trinajstić information content (AvgIpc) is 2.75. The molecule has 2 unspecified atom stereocenters. The van der Waals surface area contributed by atoms with Crippen LogP contribution in [0.5, 0.6) is 0 Å². The van der Waals surface area contributed by atoms with E-state index in [-0.39, 0.29) is 17.4 Å². The van der Waals surface area contributed by atoms with E-state index >= 15 is 0 Å². The van der Waals surface area contributed by atoms with Crippen molar-refractivity contribution in [2.24, 2.45) is 11.8 Å². The second-order valence-electron chi connectivity index (χ2n) is 7.18. The van der Waals surface area contributed by atoms with E-state index in [1.165, 1.54) is 0 Å². The van der Waals surface area contributed by atoms with Gasteiger partial charge in [0.05, 0.1) is 5.92 Å². The Morgan fingerprint density at radius 3 is 2.32 bits per heavy atom. The molecule has 2 saturated heterocycles. The molecule has 1 amide bonds. The van der Waals surface area contributed by atoms with E-state index in [1.54, 1.807) is 0 Å². The van der Waals surface area contributed by atoms with Gasteiger partial charge < -0.3 is 10.6 Å². The Bertz CT molecular complexity index is 316. The first kappa shape index (κ1) is 14.8. The van der Waals surface area contributed by atoms with Crippen LogP contribution < -0.4 is 10.6 Å². The fourth-order valence-electron chi connectivity index (χ4n) is 3.16. The third kappa shape index (κ3) is 3.69. The molecule has 2 atom stereocenters. The minimum absolute atomic E-state index is 0.167. The first-order valence-electron chi connectivity index (χ1n) is 7.64. The maximum atomic E-state index is 12.2. The third-order valence-electron chi connectivity index (χ3n) is 4.64. The van der Waals surface area contributed by atoms with Crippen molar-refractivity contribution in [2.45, 2.75) is 52.1 Å². The van der Waals surface area contributed by atoms with Gasteiger partial charge in [0, 0.05) is 31.2 Å². The summed E-state index contributed by atoms with van der Waals surface area (Å²) in [5.74, 6) is 0.891. The molecule has 0 radical (unpaired) electrons. The van der Waals surface area contributed by atoms with E-state index in [0.717, 1.165) is 39.0 Å². The van der Waals surface area contributed by atoms with Crippen molar-refractivity contribution in [1.82, 2.24) is 15.5 Å². The average molecular weight is 267 g/mol. The molecule has 2 N–H and O–H groups in total. The van der Waals surface area contributed by atoms with Crippen molar-refractivity contribution in [3.05, 3.63) is 0 Å². The van der Waals surface area contributed by atoms with Crippen LogP contribution in [0.15, 0.2) is 0 Å². The monoisotopic (exact) mass is 267 g/mol. The van der Waals surface area contributed by atoms with Gasteiger partial charge in [-0.3, -0.25) is 9.69 Å². The van der Waals surface area contributed by atoms with Crippen LogP contribution in [0.25, 0.3) is 0 Å². The molecule has 4 nitrogen and oxygen atoms in total. The lowest BCUT2D eigenvalue weighted by molar-refractivity contribution is -0.126. The van der Waals surface area contributed by atoms with Crippen LogP contribution in [0, 0.1) is 11.8 Å². The number of nitrogens with one attached hydrogen (secondary N) is 2. The maximum Gasteiger partial charge on any atom is 0.224 e. The molecule has 2 fully saturated rings. The predicted octanol–water partition coefficient (Wildman–Crippen LogP) is 1.22. The fraction of sp³-hybridized carbons (Fsp3) is 0.933. The van der Waals surface area contributed by atoms with E-state index in [1.807, 2.05) is 0 Å². The summed E-state index contributed by atoms with van der Waals surface area (Å²) >= 11 is 0. The molecule has 0 aliphatic carbocycles. The van der Waals surface area contributed by atoms with Gasteiger partial charge in [0.1, 0.15) is 0 Å². The Hall–Kier alpha value is -0.610. The van der Waals surface area contributed by atoms with Crippen molar-refractivity contribution in [1.29, 1.82) is 0 Å². The lowest BCUT2D eigenvalue weighted by atomic mass is 9.95. The number of nitrogens with zero attached hydrogens (tertiary/aromatic N) is 1. The first-order valence-corrected chi connectivity index (χ1v) is 7.64. The molecule has 2 heterocycles. The summed E-state index contributed by atoms with van der Waals surface area (Å²) in [6.45, 7) is 12.9. The molecule has 4 heteroatoms. The Labute approximate surface area is 117 Å². The summed E-state index contributed by atoms with van der Waals surface area (Å²) in [6.07, 6.45) is 2.16. The number of carbonyl (C=O) groups is 1. The number of hydrogen-bond acceptors (Lipinski definition) is 3. The summed E-state index contributed by atoms with van der Waals surface area (Å²) in [4.78, 5) is 14.7. The molecule has 0 aromatic rings. The van der Waals surface area contributed by atoms with Gasteiger partial charge in [0.2, 0.25) is 5.91 Å². The van der Waals surface area contributed by atoms with Crippen molar-refractivity contribution in [3.63, 3.8) is 0 Å². The highest BCUT2D eigenvalue weighted by molar-refractivity contribution is 5.79. The minimum Gasteiger partial charge on any atom is -0.353 e. The normalized spacial score (nSPS) is 30.5. The Morgan fingerprint density at radius 2 is 1.84 bits per heavy atom. The highest BCUT2D eigenvalue weighted by Crippen LogP contribution is 2.21. The fourth-order valence-corrected chi connectivity index (χ4v) is 3.16. The number of hydrogen-bond donors (Lipinski definition) is 2. The maximum absolute atomic E-state index is 12.2. The predicted molar refractivity (Wildman–Crippen MR) is 78.0 cm³/mol. The highest BCUT2D eigenvalue weighted by atomic mass is 16.2. The Morgan fingerprint density at radius 1 is 1.21 bits per heavy atom. The Balaban J connectivity index is 1.78. The van der Waals surface area contributed by atoms with Gasteiger partial charge in [-0.15, -0.1) is 0 Å². The molecule has 0 saturated carbocycles. The minimum atomic E-state index is 0.167. The number of carbonyl (C=O) groups excluding carboxylic acids is 1. The van der Waals surface area contributed by atoms with Gasteiger partial charge >= 0.3 is 0 Å². The SMILES string of the molecule is CC1CNCC1C(=O)NC1CCN(C(C)(C)C)CC1. The largest absolute Gasteiger partial charge is 0.353 e. The lowest BCUT2D eigenvalue weighted by Gasteiger charge is -2.41. The van der Waals surface area contributed by atoms with Gasteiger partial charge in [-0.1, -0.05) is 6.92 Å². The van der Waals surface area contributed by atoms with Crippen molar-refractivity contribution in [2.75, 3.05) is 26.2 Å². The zero-order valence-corrected chi connectivity index (χ0v) is 12.8. The van der Waals surface area contributed by atoms with Crippen LogP contribution in [0.2, 0.25) is 0 Å². The van der Waals surface area contributed by atoms with Crippen LogP contribution in [-0.2, 0) is 4.79 Å². The van der Waals surface area contributed by atoms with Gasteiger partial charge in [0.15, 0.2) is 0 Å². The molecular formula is C15H29N3O. The van der Waals surface area contributed by atoms with Gasteiger partial charge in [0.25, 0.3) is 0 Å². The van der Waals surface area contributed by atoms with Crippen LogP contribution >= 0.6 is 0 Å². The first-order chi connectivity index (χ1) is 8.88. The molecule has 0 aromatic heterocycles. The van der Waals surface area contributed by atoms with Crippen LogP contribution in [0.3, 0.4) is 0 Å². The summed E-state index contributed by atoms with van der Waals surface area (Å²) in [5.41, 5.74) is 0.249. The zero-order chi connectivity index (χ0) is 14.0. The highest BCUT2D eigenvalue weighted by Gasteiger charge is 2.32. The number of piperidine rings is 1. The second-order valence-corrected chi connectivity index (χ2v) is 7.18. The van der Waals surface area contributed by atoms with Crippen LogP contribution in [-0.4, -0.2) is 48.6 Å². The van der Waals surface area contributed by atoms with Gasteiger partial charge in [-0.2, -0.15) is 0 Å². The zero-order valence-electron chi connectivity index (χ0n) is 12.8. The molecule has 0 aromatic carbocycles. The van der Waals surface area contributed by atoms with Crippen molar-refractivity contribution >= 4 is 5.91 Å². The summed E-state index contributed by atoms with van der Waals surface area (Å²) < 4.78 is 0. The quantitative estimate of drug-likeness (QED) is 0.791. The number of likely N-dealkylation sites (tertiary alicyclic amines) is 1. The lowest BCUT2D eigenvalue weighted by Crippen LogP contribution is -2.51. The summed E-state index contributed by atoms with van der Waals surface area (Å²) in [5, 5.41) is 6.56. The van der Waals surface area contributed by atoms with Gasteiger partial charge in [-0.25, -0.2) is 0 Å². The molecule has 110 valence electrons. The molecular weight excluding hydrogens is 238 g/mol. The van der Waals surface area contributed by atoms with E-state index < -0.39 is 0 Å². The number of amides is 1. The molecule has 2 rings (SSSR count). The topological polar surface area (TPSA) is 44.4 Å². The summed E-state index contributed by atoms with van der Waals surface area (Å²) in [7, 11) is 0. The standard InChI is InChI=1S/C15H29N3O/c1-11-9-16-10-13(11)14(19)17-12-5-7-18(8-6-12)15(2,3)4/h11-13,16H,5-10H2,1-4H3,(H,17,19). The van der Waals surface area contributed by atoms with Crippen LogP contribution in [0.4, 0.5) is 0 Å². The van der Waals surface area contributed by atoms with E-state index in [4.69, 9.17) is 0 Å². The second kappa shape index (κ2) is 5.80. The van der Waals surface area contributed by atoms with E-state index in [9.17, 15) is 4.79 Å². The Kier molecular flexibility index (Phi) is 4.51. The van der Waals surface area contributed by atoms with Crippen molar-refractivity contribution in [3.8, 4) is 0 Å². The van der Waals surface area contributed by atoms with E-state index in [2.05, 4.69) is 43.2 Å².